The fourth-order valence-corrected chi connectivity index (χ4v) is 1.70. The van der Waals surface area contributed by atoms with Gasteiger partial charge in [0.2, 0.25) is 0 Å². The Morgan fingerprint density at radius 2 is 1.80 bits per heavy atom. The highest BCUT2D eigenvalue weighted by Crippen LogP contribution is 2.48. The molecule has 0 aromatic rings. The van der Waals surface area contributed by atoms with Gasteiger partial charge in [0.05, 0.1) is 0 Å². The minimum Gasteiger partial charge on any atom is -0.315 e. The highest BCUT2D eigenvalue weighted by molar-refractivity contribution is 5.07. The van der Waals surface area contributed by atoms with Crippen LogP contribution in [0.4, 0.5) is 13.2 Å². The molecule has 2 N–H and O–H groups in total. The molecule has 2 fully saturated rings. The Kier molecular flexibility index (Phi) is 2.94. The predicted molar refractivity (Wildman–Crippen MR) is 51.6 cm³/mol. The maximum atomic E-state index is 12.5. The Morgan fingerprint density at radius 3 is 2.27 bits per heavy atom. The molecular weight excluding hydrogens is 205 g/mol. The van der Waals surface area contributed by atoms with Crippen LogP contribution in [0.2, 0.25) is 0 Å². The van der Waals surface area contributed by atoms with Crippen LogP contribution in [0.5, 0.6) is 0 Å². The van der Waals surface area contributed by atoms with Crippen molar-refractivity contribution in [1.29, 1.82) is 0 Å². The van der Waals surface area contributed by atoms with Crippen LogP contribution in [0.3, 0.4) is 0 Å². The molecule has 5 heteroatoms. The van der Waals surface area contributed by atoms with Crippen LogP contribution >= 0.6 is 0 Å². The van der Waals surface area contributed by atoms with Crippen molar-refractivity contribution in [3.63, 3.8) is 0 Å². The van der Waals surface area contributed by atoms with E-state index >= 15 is 0 Å². The third kappa shape index (κ3) is 2.84. The van der Waals surface area contributed by atoms with Gasteiger partial charge in [-0.3, -0.25) is 0 Å². The van der Waals surface area contributed by atoms with Gasteiger partial charge in [0.25, 0.3) is 0 Å². The molecule has 2 aliphatic rings. The lowest BCUT2D eigenvalue weighted by Gasteiger charge is -2.20. The van der Waals surface area contributed by atoms with Gasteiger partial charge in [0.1, 0.15) is 5.54 Å². The van der Waals surface area contributed by atoms with E-state index in [9.17, 15) is 13.2 Å². The fraction of sp³-hybridized carbons (Fsp3) is 1.00. The average molecular weight is 222 g/mol. The van der Waals surface area contributed by atoms with Gasteiger partial charge < -0.3 is 10.6 Å². The highest BCUT2D eigenvalue weighted by Gasteiger charge is 2.62. The lowest BCUT2D eigenvalue weighted by molar-refractivity contribution is -0.165. The van der Waals surface area contributed by atoms with Crippen molar-refractivity contribution in [3.05, 3.63) is 0 Å². The zero-order chi connectivity index (χ0) is 10.9. The first-order valence-electron chi connectivity index (χ1n) is 5.56. The quantitative estimate of drug-likeness (QED) is 0.668. The SMILES string of the molecule is FC(F)(F)C1(NCCNCC2CC2)CC1. The van der Waals surface area contributed by atoms with Crippen LogP contribution in [-0.2, 0) is 0 Å². The Bertz CT molecular complexity index is 219. The van der Waals surface area contributed by atoms with Crippen molar-refractivity contribution >= 4 is 0 Å². The Hall–Kier alpha value is -0.290. The number of nitrogens with one attached hydrogen (secondary N) is 2. The topological polar surface area (TPSA) is 24.1 Å². The van der Waals surface area contributed by atoms with Gasteiger partial charge in [-0.2, -0.15) is 13.2 Å². The number of hydrogen-bond acceptors (Lipinski definition) is 2. The number of hydrogen-bond donors (Lipinski definition) is 2. The molecule has 0 aliphatic heterocycles. The Balaban J connectivity index is 1.56. The Labute approximate surface area is 87.6 Å². The van der Waals surface area contributed by atoms with Crippen LogP contribution in [0.1, 0.15) is 25.7 Å². The van der Waals surface area contributed by atoms with E-state index in [1.54, 1.807) is 0 Å². The minimum atomic E-state index is -4.08. The summed E-state index contributed by atoms with van der Waals surface area (Å²) in [7, 11) is 0. The van der Waals surface area contributed by atoms with Gasteiger partial charge >= 0.3 is 6.18 Å². The lowest BCUT2D eigenvalue weighted by atomic mass is 10.2. The molecule has 2 rings (SSSR count). The molecule has 0 unspecified atom stereocenters. The maximum absolute atomic E-state index is 12.5. The summed E-state index contributed by atoms with van der Waals surface area (Å²) < 4.78 is 37.4. The molecule has 0 heterocycles. The lowest BCUT2D eigenvalue weighted by Crippen LogP contribution is -2.47. The van der Waals surface area contributed by atoms with Crippen molar-refractivity contribution in [2.24, 2.45) is 5.92 Å². The van der Waals surface area contributed by atoms with Gasteiger partial charge in [-0.05, 0) is 38.1 Å². The van der Waals surface area contributed by atoms with Gasteiger partial charge in [-0.25, -0.2) is 0 Å². The summed E-state index contributed by atoms with van der Waals surface area (Å²) in [5, 5.41) is 5.79. The number of alkyl halides is 3. The minimum absolute atomic E-state index is 0.235. The van der Waals surface area contributed by atoms with Gasteiger partial charge in [-0.15, -0.1) is 0 Å². The van der Waals surface area contributed by atoms with Crippen LogP contribution in [0, 0.1) is 5.92 Å². The third-order valence-corrected chi connectivity index (χ3v) is 3.19. The largest absolute Gasteiger partial charge is 0.406 e. The summed E-state index contributed by atoms with van der Waals surface area (Å²) >= 11 is 0. The van der Waals surface area contributed by atoms with E-state index in [1.165, 1.54) is 12.8 Å². The second kappa shape index (κ2) is 3.94. The van der Waals surface area contributed by atoms with E-state index in [2.05, 4.69) is 10.6 Å². The van der Waals surface area contributed by atoms with E-state index in [0.29, 0.717) is 13.1 Å². The van der Waals surface area contributed by atoms with Crippen LogP contribution < -0.4 is 10.6 Å². The first-order chi connectivity index (χ1) is 7.04. The molecule has 0 aromatic carbocycles. The van der Waals surface area contributed by atoms with E-state index in [1.807, 2.05) is 0 Å². The van der Waals surface area contributed by atoms with Crippen molar-refractivity contribution in [1.82, 2.24) is 10.6 Å². The van der Waals surface area contributed by atoms with Crippen LogP contribution in [0.15, 0.2) is 0 Å². The summed E-state index contributed by atoms with van der Waals surface area (Å²) in [6, 6.07) is 0. The van der Waals surface area contributed by atoms with Crippen molar-refractivity contribution in [2.45, 2.75) is 37.4 Å². The first-order valence-corrected chi connectivity index (χ1v) is 5.56. The van der Waals surface area contributed by atoms with E-state index in [0.717, 1.165) is 12.5 Å². The van der Waals surface area contributed by atoms with Crippen molar-refractivity contribution in [3.8, 4) is 0 Å². The summed E-state index contributed by atoms with van der Waals surface area (Å²) in [6.45, 7) is 2.00. The molecular formula is C10H17F3N2. The fourth-order valence-electron chi connectivity index (χ4n) is 1.70. The van der Waals surface area contributed by atoms with E-state index in [-0.39, 0.29) is 12.8 Å². The Morgan fingerprint density at radius 1 is 1.13 bits per heavy atom. The molecule has 2 saturated carbocycles. The molecule has 0 atom stereocenters. The summed E-state index contributed by atoms with van der Waals surface area (Å²) in [6.07, 6.45) is -1.07. The van der Waals surface area contributed by atoms with Gasteiger partial charge in [-0.1, -0.05) is 0 Å². The zero-order valence-corrected chi connectivity index (χ0v) is 8.66. The monoisotopic (exact) mass is 222 g/mol. The zero-order valence-electron chi connectivity index (χ0n) is 8.66. The molecule has 2 nitrogen and oxygen atoms in total. The second-order valence-corrected chi connectivity index (χ2v) is 4.65. The molecule has 15 heavy (non-hydrogen) atoms. The number of rotatable bonds is 6. The highest BCUT2D eigenvalue weighted by atomic mass is 19.4. The van der Waals surface area contributed by atoms with Gasteiger partial charge in [0.15, 0.2) is 0 Å². The maximum Gasteiger partial charge on any atom is 0.406 e. The molecule has 0 radical (unpaired) electrons. The molecule has 0 saturated heterocycles. The number of halogens is 3. The van der Waals surface area contributed by atoms with Crippen LogP contribution in [-0.4, -0.2) is 31.3 Å². The summed E-state index contributed by atoms with van der Waals surface area (Å²) in [4.78, 5) is 0. The standard InChI is InChI=1S/C10H17F3N2/c11-10(12,13)9(3-4-9)15-6-5-14-7-8-1-2-8/h8,14-15H,1-7H2. The second-order valence-electron chi connectivity index (χ2n) is 4.65. The normalized spacial score (nSPS) is 24.2. The molecule has 0 spiro atoms. The van der Waals surface area contributed by atoms with E-state index < -0.39 is 11.7 Å². The molecule has 0 aromatic heterocycles. The van der Waals surface area contributed by atoms with E-state index in [4.69, 9.17) is 0 Å². The van der Waals surface area contributed by atoms with Crippen molar-refractivity contribution in [2.75, 3.05) is 19.6 Å². The average Bonchev–Trinajstić information content (AvgIpc) is 2.97. The summed E-state index contributed by atoms with van der Waals surface area (Å²) in [5.74, 6) is 0.780. The molecule has 0 amide bonds. The summed E-state index contributed by atoms with van der Waals surface area (Å²) in [5.41, 5.74) is -1.55. The smallest absolute Gasteiger partial charge is 0.315 e. The molecule has 0 bridgehead atoms. The first kappa shape index (κ1) is 11.2. The predicted octanol–water partition coefficient (Wildman–Crippen LogP) is 1.67. The molecule has 2 aliphatic carbocycles. The van der Waals surface area contributed by atoms with Crippen molar-refractivity contribution < 1.29 is 13.2 Å². The van der Waals surface area contributed by atoms with Crippen LogP contribution in [0.25, 0.3) is 0 Å². The third-order valence-electron chi connectivity index (χ3n) is 3.19. The molecule has 88 valence electrons. The van der Waals surface area contributed by atoms with Gasteiger partial charge in [0, 0.05) is 13.1 Å².